The molecule has 3 N–H and O–H groups in total. The molecule has 0 aliphatic heterocycles. The fraction of sp³-hybridized carbons (Fsp3) is 0.857. The van der Waals surface area contributed by atoms with Crippen molar-refractivity contribution >= 4 is 6.41 Å². The van der Waals surface area contributed by atoms with Crippen molar-refractivity contribution < 1.29 is 9.90 Å². The van der Waals surface area contributed by atoms with Crippen LogP contribution in [0, 0.1) is 0 Å². The maximum atomic E-state index is 9.78. The summed E-state index contributed by atoms with van der Waals surface area (Å²) in [5.41, 5.74) is 0. The van der Waals surface area contributed by atoms with Gasteiger partial charge >= 0.3 is 0 Å². The van der Waals surface area contributed by atoms with Crippen molar-refractivity contribution in [2.75, 3.05) is 26.2 Å². The normalized spacial score (nSPS) is 9.55. The second kappa shape index (κ2) is 9.39. The molecule has 0 aromatic carbocycles. The standard InChI is InChI=1S/C7H16N2O2/c10-6-2-5-8-3-1-4-9-7-11/h7-8,10H,1-6H2,(H,9,11). The van der Waals surface area contributed by atoms with Crippen LogP contribution in [0.1, 0.15) is 12.8 Å². The van der Waals surface area contributed by atoms with Gasteiger partial charge in [0.15, 0.2) is 0 Å². The highest BCUT2D eigenvalue weighted by molar-refractivity contribution is 5.45. The van der Waals surface area contributed by atoms with Crippen molar-refractivity contribution in [3.8, 4) is 0 Å². The number of rotatable bonds is 8. The first-order valence-corrected chi connectivity index (χ1v) is 3.90. The van der Waals surface area contributed by atoms with Gasteiger partial charge < -0.3 is 15.7 Å². The van der Waals surface area contributed by atoms with Crippen LogP contribution >= 0.6 is 0 Å². The Labute approximate surface area is 67.0 Å². The number of carbonyl (C=O) groups is 1. The number of hydrogen-bond acceptors (Lipinski definition) is 3. The molecular weight excluding hydrogens is 144 g/mol. The molecule has 0 rings (SSSR count). The van der Waals surface area contributed by atoms with E-state index in [9.17, 15) is 4.79 Å². The van der Waals surface area contributed by atoms with Crippen LogP contribution in [0.3, 0.4) is 0 Å². The van der Waals surface area contributed by atoms with Crippen LogP contribution in [0.25, 0.3) is 0 Å². The third-order valence-corrected chi connectivity index (χ3v) is 1.27. The Morgan fingerprint density at radius 3 is 2.55 bits per heavy atom. The maximum Gasteiger partial charge on any atom is 0.207 e. The van der Waals surface area contributed by atoms with Gasteiger partial charge in [-0.25, -0.2) is 0 Å². The molecule has 1 amide bonds. The van der Waals surface area contributed by atoms with Crippen molar-refractivity contribution in [2.24, 2.45) is 0 Å². The average Bonchev–Trinajstić information content (AvgIpc) is 2.03. The molecule has 0 aliphatic carbocycles. The van der Waals surface area contributed by atoms with Crippen LogP contribution in [-0.2, 0) is 4.79 Å². The molecule has 0 fully saturated rings. The Morgan fingerprint density at radius 2 is 1.91 bits per heavy atom. The number of nitrogens with one attached hydrogen (secondary N) is 2. The van der Waals surface area contributed by atoms with Gasteiger partial charge in [-0.15, -0.1) is 0 Å². The van der Waals surface area contributed by atoms with Crippen LogP contribution < -0.4 is 10.6 Å². The zero-order valence-corrected chi connectivity index (χ0v) is 6.68. The SMILES string of the molecule is O=CNCCCNCCCO. The van der Waals surface area contributed by atoms with E-state index < -0.39 is 0 Å². The van der Waals surface area contributed by atoms with E-state index >= 15 is 0 Å². The van der Waals surface area contributed by atoms with Gasteiger partial charge in [-0.05, 0) is 25.9 Å². The van der Waals surface area contributed by atoms with E-state index in [-0.39, 0.29) is 6.61 Å². The van der Waals surface area contributed by atoms with E-state index in [1.807, 2.05) is 0 Å². The molecule has 0 bridgehead atoms. The first kappa shape index (κ1) is 10.4. The van der Waals surface area contributed by atoms with Gasteiger partial charge in [0, 0.05) is 13.2 Å². The fourth-order valence-electron chi connectivity index (χ4n) is 0.703. The van der Waals surface area contributed by atoms with Gasteiger partial charge in [0.2, 0.25) is 6.41 Å². The minimum atomic E-state index is 0.236. The van der Waals surface area contributed by atoms with E-state index in [0.717, 1.165) is 32.5 Å². The minimum Gasteiger partial charge on any atom is -0.396 e. The summed E-state index contributed by atoms with van der Waals surface area (Å²) in [5.74, 6) is 0. The molecule has 0 unspecified atom stereocenters. The van der Waals surface area contributed by atoms with Crippen LogP contribution in [0.15, 0.2) is 0 Å². The third-order valence-electron chi connectivity index (χ3n) is 1.27. The molecule has 0 aromatic heterocycles. The second-order valence-electron chi connectivity index (χ2n) is 2.25. The fourth-order valence-corrected chi connectivity index (χ4v) is 0.703. The molecule has 0 aliphatic rings. The summed E-state index contributed by atoms with van der Waals surface area (Å²) in [6.45, 7) is 2.69. The largest absolute Gasteiger partial charge is 0.396 e. The van der Waals surface area contributed by atoms with E-state index in [2.05, 4.69) is 10.6 Å². The quantitative estimate of drug-likeness (QED) is 0.318. The number of aliphatic hydroxyl groups is 1. The Bertz CT molecular complexity index is 88.5. The first-order valence-electron chi connectivity index (χ1n) is 3.90. The lowest BCUT2D eigenvalue weighted by atomic mass is 10.4. The smallest absolute Gasteiger partial charge is 0.207 e. The van der Waals surface area contributed by atoms with E-state index in [4.69, 9.17) is 5.11 Å². The molecule has 0 aromatic rings. The lowest BCUT2D eigenvalue weighted by Crippen LogP contribution is -2.22. The minimum absolute atomic E-state index is 0.236. The monoisotopic (exact) mass is 160 g/mol. The number of hydrogen-bond donors (Lipinski definition) is 3. The molecule has 4 nitrogen and oxygen atoms in total. The van der Waals surface area contributed by atoms with Gasteiger partial charge in [-0.2, -0.15) is 0 Å². The topological polar surface area (TPSA) is 61.4 Å². The Kier molecular flexibility index (Phi) is 8.87. The summed E-state index contributed by atoms with van der Waals surface area (Å²) in [5, 5.41) is 14.1. The van der Waals surface area contributed by atoms with Crippen molar-refractivity contribution in [3.05, 3.63) is 0 Å². The Hall–Kier alpha value is -0.610. The highest BCUT2D eigenvalue weighted by Crippen LogP contribution is 1.74. The van der Waals surface area contributed by atoms with Crippen LogP contribution in [0.5, 0.6) is 0 Å². The molecule has 0 saturated carbocycles. The highest BCUT2D eigenvalue weighted by Gasteiger charge is 1.86. The van der Waals surface area contributed by atoms with Gasteiger partial charge in [0.25, 0.3) is 0 Å². The summed E-state index contributed by atoms with van der Waals surface area (Å²) in [7, 11) is 0. The molecular formula is C7H16N2O2. The predicted molar refractivity (Wildman–Crippen MR) is 43.3 cm³/mol. The Balaban J connectivity index is 2.74. The van der Waals surface area contributed by atoms with Gasteiger partial charge in [-0.3, -0.25) is 4.79 Å². The zero-order chi connectivity index (χ0) is 8.36. The highest BCUT2D eigenvalue weighted by atomic mass is 16.3. The number of carbonyl (C=O) groups excluding carboxylic acids is 1. The van der Waals surface area contributed by atoms with Gasteiger partial charge in [0.05, 0.1) is 0 Å². The second-order valence-corrected chi connectivity index (χ2v) is 2.25. The van der Waals surface area contributed by atoms with Crippen molar-refractivity contribution in [1.82, 2.24) is 10.6 Å². The molecule has 0 atom stereocenters. The number of aliphatic hydroxyl groups excluding tert-OH is 1. The van der Waals surface area contributed by atoms with Crippen LogP contribution in [-0.4, -0.2) is 37.8 Å². The van der Waals surface area contributed by atoms with Gasteiger partial charge in [-0.1, -0.05) is 0 Å². The maximum absolute atomic E-state index is 9.78. The van der Waals surface area contributed by atoms with E-state index in [0.29, 0.717) is 6.41 Å². The zero-order valence-electron chi connectivity index (χ0n) is 6.68. The average molecular weight is 160 g/mol. The molecule has 0 radical (unpaired) electrons. The molecule has 0 saturated heterocycles. The van der Waals surface area contributed by atoms with Crippen molar-refractivity contribution in [1.29, 1.82) is 0 Å². The summed E-state index contributed by atoms with van der Waals surface area (Å²) in [4.78, 5) is 9.78. The van der Waals surface area contributed by atoms with Crippen LogP contribution in [0.4, 0.5) is 0 Å². The summed E-state index contributed by atoms with van der Waals surface area (Å²) >= 11 is 0. The van der Waals surface area contributed by atoms with Crippen LogP contribution in [0.2, 0.25) is 0 Å². The molecule has 66 valence electrons. The number of amides is 1. The molecule has 0 heterocycles. The molecule has 4 heteroatoms. The van der Waals surface area contributed by atoms with Crippen molar-refractivity contribution in [3.63, 3.8) is 0 Å². The van der Waals surface area contributed by atoms with Crippen molar-refractivity contribution in [2.45, 2.75) is 12.8 Å². The first-order chi connectivity index (χ1) is 5.41. The van der Waals surface area contributed by atoms with E-state index in [1.54, 1.807) is 0 Å². The van der Waals surface area contributed by atoms with Gasteiger partial charge in [0.1, 0.15) is 0 Å². The predicted octanol–water partition coefficient (Wildman–Crippen LogP) is -0.905. The Morgan fingerprint density at radius 1 is 1.18 bits per heavy atom. The molecule has 11 heavy (non-hydrogen) atoms. The summed E-state index contributed by atoms with van der Waals surface area (Å²) in [6, 6.07) is 0. The summed E-state index contributed by atoms with van der Waals surface area (Å²) < 4.78 is 0. The summed E-state index contributed by atoms with van der Waals surface area (Å²) in [6.07, 6.45) is 2.43. The lowest BCUT2D eigenvalue weighted by molar-refractivity contribution is -0.109. The third kappa shape index (κ3) is 9.39. The molecule has 0 spiro atoms. The lowest BCUT2D eigenvalue weighted by Gasteiger charge is -2.01. The van der Waals surface area contributed by atoms with E-state index in [1.165, 1.54) is 0 Å².